The highest BCUT2D eigenvalue weighted by Gasteiger charge is 2.14. The molecular weight excluding hydrogens is 409 g/mol. The molecule has 0 spiro atoms. The summed E-state index contributed by atoms with van der Waals surface area (Å²) in [5.74, 6) is 0.441. The van der Waals surface area contributed by atoms with Crippen LogP contribution in [0.1, 0.15) is 0 Å². The maximum absolute atomic E-state index is 14.1. The number of hydrogen-bond acceptors (Lipinski definition) is 7. The minimum absolute atomic E-state index is 0.0210. The monoisotopic (exact) mass is 425 g/mol. The number of ether oxygens (including phenoxy) is 2. The lowest BCUT2D eigenvalue weighted by Crippen LogP contribution is -2.12. The van der Waals surface area contributed by atoms with Gasteiger partial charge in [0.15, 0.2) is 21.3 Å². The molecule has 3 aromatic rings. The Hall–Kier alpha value is -2.65. The SMILES string of the molecule is COc1cc2c(Nc3ccc(Cl)cc3F)ncnc2cc1OCCS(C)(=O)=O. The molecule has 2 aromatic carbocycles. The van der Waals surface area contributed by atoms with Crippen molar-refractivity contribution in [2.24, 2.45) is 0 Å². The zero-order valence-corrected chi connectivity index (χ0v) is 16.6. The van der Waals surface area contributed by atoms with E-state index in [1.807, 2.05) is 0 Å². The van der Waals surface area contributed by atoms with Crippen molar-refractivity contribution in [2.45, 2.75) is 0 Å². The first-order chi connectivity index (χ1) is 13.3. The van der Waals surface area contributed by atoms with Gasteiger partial charge in [0.05, 0.1) is 24.1 Å². The Balaban J connectivity index is 1.95. The van der Waals surface area contributed by atoms with Crippen molar-refractivity contribution in [2.75, 3.05) is 31.0 Å². The number of hydrogen-bond donors (Lipinski definition) is 1. The quantitative estimate of drug-likeness (QED) is 0.618. The summed E-state index contributed by atoms with van der Waals surface area (Å²) in [6, 6.07) is 7.51. The van der Waals surface area contributed by atoms with Gasteiger partial charge in [-0.05, 0) is 24.3 Å². The van der Waals surface area contributed by atoms with Crippen LogP contribution in [0.4, 0.5) is 15.9 Å². The number of methoxy groups -OCH3 is 1. The summed E-state index contributed by atoms with van der Waals surface area (Å²) in [4.78, 5) is 8.36. The molecule has 0 atom stereocenters. The fourth-order valence-corrected chi connectivity index (χ4v) is 3.00. The van der Waals surface area contributed by atoms with Crippen molar-refractivity contribution < 1.29 is 22.3 Å². The molecule has 0 aliphatic rings. The Labute approximate surface area is 166 Å². The van der Waals surface area contributed by atoms with E-state index < -0.39 is 15.7 Å². The van der Waals surface area contributed by atoms with Gasteiger partial charge >= 0.3 is 0 Å². The van der Waals surface area contributed by atoms with Crippen molar-refractivity contribution in [1.82, 2.24) is 9.97 Å². The molecule has 0 saturated carbocycles. The molecule has 0 amide bonds. The van der Waals surface area contributed by atoms with Crippen molar-refractivity contribution in [3.63, 3.8) is 0 Å². The van der Waals surface area contributed by atoms with E-state index in [1.165, 1.54) is 25.6 Å². The number of nitrogens with zero attached hydrogens (tertiary/aromatic N) is 2. The van der Waals surface area contributed by atoms with Gasteiger partial charge in [0.25, 0.3) is 0 Å². The van der Waals surface area contributed by atoms with Gasteiger partial charge in [-0.3, -0.25) is 0 Å². The second kappa shape index (κ2) is 8.15. The molecule has 0 aliphatic carbocycles. The van der Waals surface area contributed by atoms with Gasteiger partial charge in [0.1, 0.15) is 24.6 Å². The lowest BCUT2D eigenvalue weighted by Gasteiger charge is -2.14. The molecule has 1 heterocycles. The van der Waals surface area contributed by atoms with Crippen LogP contribution in [-0.4, -0.2) is 44.1 Å². The lowest BCUT2D eigenvalue weighted by atomic mass is 10.2. The van der Waals surface area contributed by atoms with Crippen molar-refractivity contribution in [3.8, 4) is 11.5 Å². The third-order valence-corrected chi connectivity index (χ3v) is 4.96. The van der Waals surface area contributed by atoms with Gasteiger partial charge in [-0.1, -0.05) is 11.6 Å². The summed E-state index contributed by atoms with van der Waals surface area (Å²) in [5.41, 5.74) is 0.721. The van der Waals surface area contributed by atoms with Gasteiger partial charge in [-0.25, -0.2) is 22.8 Å². The Morgan fingerprint density at radius 3 is 2.64 bits per heavy atom. The molecule has 10 heteroatoms. The first-order valence-corrected chi connectivity index (χ1v) is 10.6. The first-order valence-electron chi connectivity index (χ1n) is 8.12. The maximum Gasteiger partial charge on any atom is 0.163 e. The molecule has 0 saturated heterocycles. The van der Waals surface area contributed by atoms with Crippen LogP contribution in [0.2, 0.25) is 5.02 Å². The fraction of sp³-hybridized carbons (Fsp3) is 0.222. The minimum atomic E-state index is -3.15. The highest BCUT2D eigenvalue weighted by molar-refractivity contribution is 7.90. The molecule has 0 unspecified atom stereocenters. The molecule has 0 bridgehead atoms. The molecule has 1 aromatic heterocycles. The van der Waals surface area contributed by atoms with Crippen LogP contribution in [0.15, 0.2) is 36.7 Å². The van der Waals surface area contributed by atoms with Crippen LogP contribution in [0.3, 0.4) is 0 Å². The third kappa shape index (κ3) is 4.79. The van der Waals surface area contributed by atoms with E-state index in [-0.39, 0.29) is 23.1 Å². The number of aromatic nitrogens is 2. The number of rotatable bonds is 7. The normalized spacial score (nSPS) is 11.4. The van der Waals surface area contributed by atoms with Crippen molar-refractivity contribution in [1.29, 1.82) is 0 Å². The number of fused-ring (bicyclic) bond motifs is 1. The molecule has 0 radical (unpaired) electrons. The number of anilines is 2. The van der Waals surface area contributed by atoms with Crippen molar-refractivity contribution in [3.05, 3.63) is 47.5 Å². The average molecular weight is 426 g/mol. The topological polar surface area (TPSA) is 90.4 Å². The van der Waals surface area contributed by atoms with Gasteiger partial charge < -0.3 is 14.8 Å². The summed E-state index contributed by atoms with van der Waals surface area (Å²) in [6.07, 6.45) is 2.46. The fourth-order valence-electron chi connectivity index (χ4n) is 2.46. The highest BCUT2D eigenvalue weighted by Crippen LogP contribution is 2.35. The average Bonchev–Trinajstić information content (AvgIpc) is 2.62. The number of benzene rings is 2. The number of nitrogens with one attached hydrogen (secondary N) is 1. The zero-order chi connectivity index (χ0) is 20.3. The van der Waals surface area contributed by atoms with Crippen LogP contribution in [0, 0.1) is 5.82 Å². The van der Waals surface area contributed by atoms with Crippen LogP contribution in [-0.2, 0) is 9.84 Å². The van der Waals surface area contributed by atoms with Crippen molar-refractivity contribution >= 4 is 43.8 Å². The predicted molar refractivity (Wildman–Crippen MR) is 106 cm³/mol. The van der Waals surface area contributed by atoms with Crippen LogP contribution < -0.4 is 14.8 Å². The van der Waals surface area contributed by atoms with Gasteiger partial charge in [-0.2, -0.15) is 0 Å². The van der Waals surface area contributed by atoms with Crippen LogP contribution in [0.5, 0.6) is 11.5 Å². The number of halogens is 2. The zero-order valence-electron chi connectivity index (χ0n) is 15.1. The van der Waals surface area contributed by atoms with Crippen LogP contribution >= 0.6 is 11.6 Å². The Bertz CT molecular complexity index is 1130. The maximum atomic E-state index is 14.1. The summed E-state index contributed by atoms with van der Waals surface area (Å²) >= 11 is 5.78. The molecule has 28 heavy (non-hydrogen) atoms. The van der Waals surface area contributed by atoms with E-state index in [0.29, 0.717) is 28.2 Å². The predicted octanol–water partition coefficient (Wildman–Crippen LogP) is 3.60. The van der Waals surface area contributed by atoms with E-state index in [0.717, 1.165) is 6.26 Å². The molecule has 1 N–H and O–H groups in total. The van der Waals surface area contributed by atoms with E-state index in [1.54, 1.807) is 18.2 Å². The summed E-state index contributed by atoms with van der Waals surface area (Å²) in [6.45, 7) is -0.0210. The second-order valence-electron chi connectivity index (χ2n) is 5.97. The first kappa shape index (κ1) is 20.1. The van der Waals surface area contributed by atoms with Gasteiger partial charge in [0.2, 0.25) is 0 Å². The Morgan fingerprint density at radius 2 is 1.96 bits per heavy atom. The Morgan fingerprint density at radius 1 is 1.18 bits per heavy atom. The molecule has 148 valence electrons. The lowest BCUT2D eigenvalue weighted by molar-refractivity contribution is 0.312. The highest BCUT2D eigenvalue weighted by atomic mass is 35.5. The van der Waals surface area contributed by atoms with Gasteiger partial charge in [0, 0.05) is 22.7 Å². The molecule has 7 nitrogen and oxygen atoms in total. The van der Waals surface area contributed by atoms with E-state index >= 15 is 0 Å². The number of sulfone groups is 1. The molecule has 3 rings (SSSR count). The van der Waals surface area contributed by atoms with Gasteiger partial charge in [-0.15, -0.1) is 0 Å². The third-order valence-electron chi connectivity index (χ3n) is 3.82. The van der Waals surface area contributed by atoms with E-state index in [4.69, 9.17) is 21.1 Å². The Kier molecular flexibility index (Phi) is 5.85. The molecule has 0 aliphatic heterocycles. The van der Waals surface area contributed by atoms with E-state index in [9.17, 15) is 12.8 Å². The van der Waals surface area contributed by atoms with Crippen LogP contribution in [0.25, 0.3) is 10.9 Å². The summed E-state index contributed by atoms with van der Waals surface area (Å²) < 4.78 is 47.5. The standard InChI is InChI=1S/C18H17ClFN3O4S/c1-26-16-8-12-15(9-17(16)27-5-6-28(2,24)25)21-10-22-18(12)23-14-4-3-11(19)7-13(14)20/h3-4,7-10H,5-6H2,1-2H3,(H,21,22,23). The molecule has 0 fully saturated rings. The smallest absolute Gasteiger partial charge is 0.163 e. The second-order valence-corrected chi connectivity index (χ2v) is 8.67. The summed E-state index contributed by atoms with van der Waals surface area (Å²) in [5, 5.41) is 3.77. The van der Waals surface area contributed by atoms with E-state index in [2.05, 4.69) is 15.3 Å². The largest absolute Gasteiger partial charge is 0.493 e. The molecular formula is C18H17ClFN3O4S. The summed E-state index contributed by atoms with van der Waals surface area (Å²) in [7, 11) is -1.69. The minimum Gasteiger partial charge on any atom is -0.493 e.